The highest BCUT2D eigenvalue weighted by atomic mass is 16.1. The van der Waals surface area contributed by atoms with E-state index in [2.05, 4.69) is 33.1 Å². The predicted octanol–water partition coefficient (Wildman–Crippen LogP) is 2.78. The number of hydrogen-bond acceptors (Lipinski definition) is 6. The highest BCUT2D eigenvalue weighted by Crippen LogP contribution is 2.20. The summed E-state index contributed by atoms with van der Waals surface area (Å²) < 4.78 is 0. The van der Waals surface area contributed by atoms with Gasteiger partial charge in [0.1, 0.15) is 5.82 Å². The molecule has 0 bridgehead atoms. The Morgan fingerprint density at radius 1 is 1.26 bits per heavy atom. The van der Waals surface area contributed by atoms with Crippen LogP contribution in [0.25, 0.3) is 0 Å². The molecule has 0 amide bonds. The molecule has 2 heterocycles. The lowest BCUT2D eigenvalue weighted by Gasteiger charge is -2.36. The van der Waals surface area contributed by atoms with Crippen LogP contribution in [0, 0.1) is 11.3 Å². The fourth-order valence-electron chi connectivity index (χ4n) is 3.44. The van der Waals surface area contributed by atoms with E-state index in [0.717, 1.165) is 44.2 Å². The number of nitrogens with zero attached hydrogens (tertiary/aromatic N) is 4. The van der Waals surface area contributed by atoms with Crippen molar-refractivity contribution in [1.29, 1.82) is 5.26 Å². The van der Waals surface area contributed by atoms with Crippen LogP contribution in [-0.4, -0.2) is 54.4 Å². The molecule has 0 saturated carbocycles. The third-order valence-corrected chi connectivity index (χ3v) is 4.81. The largest absolute Gasteiger partial charge is 0.381 e. The van der Waals surface area contributed by atoms with E-state index in [4.69, 9.17) is 5.26 Å². The number of piperazine rings is 1. The third kappa shape index (κ3) is 4.83. The third-order valence-electron chi connectivity index (χ3n) is 4.81. The number of pyridine rings is 1. The molecule has 0 spiro atoms. The number of carbonyl (C=O) groups is 1. The van der Waals surface area contributed by atoms with E-state index in [1.54, 1.807) is 25.1 Å². The maximum Gasteiger partial charge on any atom is 0.161 e. The number of rotatable bonds is 6. The zero-order valence-electron chi connectivity index (χ0n) is 15.9. The molecule has 0 aliphatic carbocycles. The first-order valence-electron chi connectivity index (χ1n) is 9.27. The summed E-state index contributed by atoms with van der Waals surface area (Å²) in [5, 5.41) is 12.5. The zero-order valence-corrected chi connectivity index (χ0v) is 15.9. The second-order valence-corrected chi connectivity index (χ2v) is 6.95. The molecule has 1 atom stereocenters. The molecule has 6 heteroatoms. The van der Waals surface area contributed by atoms with E-state index in [1.807, 2.05) is 24.4 Å². The van der Waals surface area contributed by atoms with Crippen molar-refractivity contribution in [1.82, 2.24) is 9.88 Å². The number of anilines is 2. The van der Waals surface area contributed by atoms with E-state index in [-0.39, 0.29) is 11.8 Å². The minimum atomic E-state index is -0.00170. The van der Waals surface area contributed by atoms with Crippen molar-refractivity contribution in [2.24, 2.45) is 0 Å². The van der Waals surface area contributed by atoms with Gasteiger partial charge in [-0.1, -0.05) is 6.07 Å². The van der Waals surface area contributed by atoms with Gasteiger partial charge >= 0.3 is 0 Å². The molecule has 3 rings (SSSR count). The van der Waals surface area contributed by atoms with Crippen LogP contribution >= 0.6 is 0 Å². The van der Waals surface area contributed by atoms with Crippen molar-refractivity contribution in [2.45, 2.75) is 19.9 Å². The van der Waals surface area contributed by atoms with Gasteiger partial charge in [0.2, 0.25) is 0 Å². The standard InChI is InChI=1S/C21H25N5O/c1-16(24-20-13-18(14-22)6-7-19(20)17(2)27)15-25-9-11-26(12-10-25)21-5-3-4-8-23-21/h3-8,13,16,24H,9-12,15H2,1-2H3. The molecule has 1 unspecified atom stereocenters. The van der Waals surface area contributed by atoms with Gasteiger partial charge in [-0.05, 0) is 44.2 Å². The highest BCUT2D eigenvalue weighted by Gasteiger charge is 2.20. The Morgan fingerprint density at radius 3 is 2.67 bits per heavy atom. The Labute approximate surface area is 160 Å². The van der Waals surface area contributed by atoms with E-state index in [0.29, 0.717) is 11.1 Å². The van der Waals surface area contributed by atoms with Crippen molar-refractivity contribution in [3.63, 3.8) is 0 Å². The number of carbonyl (C=O) groups excluding carboxylic acids is 1. The number of aromatic nitrogens is 1. The van der Waals surface area contributed by atoms with Gasteiger partial charge in [-0.3, -0.25) is 9.69 Å². The first-order valence-corrected chi connectivity index (χ1v) is 9.27. The Kier molecular flexibility index (Phi) is 6.05. The van der Waals surface area contributed by atoms with Gasteiger partial charge in [0.05, 0.1) is 11.6 Å². The van der Waals surface area contributed by atoms with Crippen molar-refractivity contribution in [2.75, 3.05) is 42.9 Å². The minimum Gasteiger partial charge on any atom is -0.381 e. The summed E-state index contributed by atoms with van der Waals surface area (Å²) in [6, 6.07) is 13.5. The molecule has 1 aromatic carbocycles. The smallest absolute Gasteiger partial charge is 0.161 e. The summed E-state index contributed by atoms with van der Waals surface area (Å²) in [5.41, 5.74) is 1.92. The molecule has 1 aliphatic heterocycles. The Morgan fingerprint density at radius 2 is 2.04 bits per heavy atom. The van der Waals surface area contributed by atoms with Crippen LogP contribution < -0.4 is 10.2 Å². The second kappa shape index (κ2) is 8.65. The molecule has 140 valence electrons. The van der Waals surface area contributed by atoms with Gasteiger partial charge in [0.25, 0.3) is 0 Å². The lowest BCUT2D eigenvalue weighted by Crippen LogP contribution is -2.49. The summed E-state index contributed by atoms with van der Waals surface area (Å²) >= 11 is 0. The fraction of sp³-hybridized carbons (Fsp3) is 0.381. The number of nitrogens with one attached hydrogen (secondary N) is 1. The molecular weight excluding hydrogens is 338 g/mol. The van der Waals surface area contributed by atoms with Crippen molar-refractivity contribution >= 4 is 17.3 Å². The van der Waals surface area contributed by atoms with E-state index in [1.165, 1.54) is 0 Å². The molecule has 2 aromatic rings. The summed E-state index contributed by atoms with van der Waals surface area (Å²) in [4.78, 5) is 21.0. The lowest BCUT2D eigenvalue weighted by atomic mass is 10.1. The molecular formula is C21H25N5O. The van der Waals surface area contributed by atoms with Crippen LogP contribution in [0.3, 0.4) is 0 Å². The molecule has 1 saturated heterocycles. The van der Waals surface area contributed by atoms with Crippen LogP contribution in [0.1, 0.15) is 29.8 Å². The maximum atomic E-state index is 11.9. The fourth-order valence-corrected chi connectivity index (χ4v) is 3.44. The van der Waals surface area contributed by atoms with Crippen molar-refractivity contribution in [3.05, 3.63) is 53.7 Å². The average molecular weight is 363 g/mol. The van der Waals surface area contributed by atoms with Gasteiger partial charge in [0, 0.05) is 56.2 Å². The first-order chi connectivity index (χ1) is 13.1. The number of hydrogen-bond donors (Lipinski definition) is 1. The normalized spacial score (nSPS) is 15.8. The Hall–Kier alpha value is -2.91. The molecule has 1 N–H and O–H groups in total. The summed E-state index contributed by atoms with van der Waals surface area (Å²) in [6.07, 6.45) is 1.83. The minimum absolute atomic E-state index is 0.00170. The van der Waals surface area contributed by atoms with E-state index >= 15 is 0 Å². The number of ketones is 1. The van der Waals surface area contributed by atoms with Crippen LogP contribution in [0.15, 0.2) is 42.6 Å². The Balaban J connectivity index is 1.57. The van der Waals surface area contributed by atoms with E-state index in [9.17, 15) is 4.79 Å². The van der Waals surface area contributed by atoms with E-state index < -0.39 is 0 Å². The molecule has 0 radical (unpaired) electrons. The number of Topliss-reactive ketones (excluding diaryl/α,β-unsaturated/α-hetero) is 1. The maximum absolute atomic E-state index is 11.9. The number of benzene rings is 1. The predicted molar refractivity (Wildman–Crippen MR) is 107 cm³/mol. The average Bonchev–Trinajstić information content (AvgIpc) is 2.69. The van der Waals surface area contributed by atoms with Gasteiger partial charge < -0.3 is 10.2 Å². The molecule has 1 aromatic heterocycles. The monoisotopic (exact) mass is 363 g/mol. The van der Waals surface area contributed by atoms with Gasteiger partial charge in [-0.25, -0.2) is 4.98 Å². The quantitative estimate of drug-likeness (QED) is 0.796. The lowest BCUT2D eigenvalue weighted by molar-refractivity contribution is 0.101. The Bertz CT molecular complexity index is 822. The van der Waals surface area contributed by atoms with Crippen molar-refractivity contribution < 1.29 is 4.79 Å². The molecule has 1 aliphatic rings. The van der Waals surface area contributed by atoms with Crippen LogP contribution in [-0.2, 0) is 0 Å². The van der Waals surface area contributed by atoms with Crippen LogP contribution in [0.2, 0.25) is 0 Å². The molecule has 27 heavy (non-hydrogen) atoms. The first kappa shape index (κ1) is 18.9. The zero-order chi connectivity index (χ0) is 19.2. The summed E-state index contributed by atoms with van der Waals surface area (Å²) in [5.74, 6) is 1.03. The van der Waals surface area contributed by atoms with Crippen molar-refractivity contribution in [3.8, 4) is 6.07 Å². The summed E-state index contributed by atoms with van der Waals surface area (Å²) in [6.45, 7) is 8.38. The summed E-state index contributed by atoms with van der Waals surface area (Å²) in [7, 11) is 0. The highest BCUT2D eigenvalue weighted by molar-refractivity contribution is 5.99. The SMILES string of the molecule is CC(=O)c1ccc(C#N)cc1NC(C)CN1CCN(c2ccccn2)CC1. The molecule has 6 nitrogen and oxygen atoms in total. The van der Waals surface area contributed by atoms with Gasteiger partial charge in [0.15, 0.2) is 5.78 Å². The van der Waals surface area contributed by atoms with Crippen LogP contribution in [0.4, 0.5) is 11.5 Å². The topological polar surface area (TPSA) is 72.3 Å². The molecule has 1 fully saturated rings. The van der Waals surface area contributed by atoms with Gasteiger partial charge in [-0.2, -0.15) is 5.26 Å². The second-order valence-electron chi connectivity index (χ2n) is 6.95. The number of nitriles is 1. The van der Waals surface area contributed by atoms with Gasteiger partial charge in [-0.15, -0.1) is 0 Å². The van der Waals surface area contributed by atoms with Crippen LogP contribution in [0.5, 0.6) is 0 Å².